The van der Waals surface area contributed by atoms with Crippen LogP contribution in [0.1, 0.15) is 46.3 Å². The van der Waals surface area contributed by atoms with E-state index in [1.807, 2.05) is 6.07 Å². The summed E-state index contributed by atoms with van der Waals surface area (Å²) in [5.41, 5.74) is 0. The van der Waals surface area contributed by atoms with Crippen LogP contribution in [0.25, 0.3) is 0 Å². The van der Waals surface area contributed by atoms with Crippen molar-refractivity contribution in [3.8, 4) is 0 Å². The quantitative estimate of drug-likeness (QED) is 0.841. The molecule has 2 bridgehead atoms. The zero-order chi connectivity index (χ0) is 14.7. The van der Waals surface area contributed by atoms with Crippen LogP contribution < -0.4 is 0 Å². The largest absolute Gasteiger partial charge is 0.374 e. The molecule has 4 aliphatic heterocycles. The van der Waals surface area contributed by atoms with Gasteiger partial charge in [0.15, 0.2) is 0 Å². The Balaban J connectivity index is 1.31. The molecular formula is C17H21NO3S. The van der Waals surface area contributed by atoms with Gasteiger partial charge in [-0.1, -0.05) is 0 Å². The van der Waals surface area contributed by atoms with Crippen LogP contribution in [-0.4, -0.2) is 42.7 Å². The Bertz CT molecular complexity index is 576. The molecule has 0 unspecified atom stereocenters. The predicted octanol–water partition coefficient (Wildman–Crippen LogP) is 2.85. The van der Waals surface area contributed by atoms with E-state index in [1.54, 1.807) is 11.3 Å². The highest BCUT2D eigenvalue weighted by molar-refractivity contribution is 7.14. The molecule has 5 heterocycles. The van der Waals surface area contributed by atoms with Crippen LogP contribution in [0, 0.1) is 11.8 Å². The van der Waals surface area contributed by atoms with E-state index in [-0.39, 0.29) is 12.0 Å². The van der Waals surface area contributed by atoms with Crippen molar-refractivity contribution in [3.05, 3.63) is 21.9 Å². The number of hydrogen-bond acceptors (Lipinski definition) is 4. The minimum Gasteiger partial charge on any atom is -0.374 e. The predicted molar refractivity (Wildman–Crippen MR) is 83.0 cm³/mol. The molecule has 4 saturated heterocycles. The van der Waals surface area contributed by atoms with Gasteiger partial charge >= 0.3 is 0 Å². The van der Waals surface area contributed by atoms with Crippen molar-refractivity contribution in [3.63, 3.8) is 0 Å². The SMILES string of the molecule is O=C(c1ccc([C@H]2CCCO2)s1)N1C[C@@H]2[C@H](C1)[C@H]1CC[C@@H]2O1. The van der Waals surface area contributed by atoms with Gasteiger partial charge in [0.1, 0.15) is 0 Å². The number of thiophene rings is 1. The van der Waals surface area contributed by atoms with Crippen molar-refractivity contribution in [1.82, 2.24) is 4.90 Å². The van der Waals surface area contributed by atoms with Crippen molar-refractivity contribution in [2.45, 2.75) is 44.0 Å². The molecule has 0 radical (unpaired) electrons. The maximum atomic E-state index is 12.8. The first-order chi connectivity index (χ1) is 10.8. The third kappa shape index (κ3) is 1.99. The second-order valence-electron chi connectivity index (χ2n) is 7.03. The Hall–Kier alpha value is -0.910. The van der Waals surface area contributed by atoms with Crippen molar-refractivity contribution in [2.24, 2.45) is 11.8 Å². The van der Waals surface area contributed by atoms with Gasteiger partial charge in [-0.2, -0.15) is 0 Å². The highest BCUT2D eigenvalue weighted by Gasteiger charge is 2.53. The van der Waals surface area contributed by atoms with Crippen LogP contribution in [0.3, 0.4) is 0 Å². The van der Waals surface area contributed by atoms with E-state index in [2.05, 4.69) is 11.0 Å². The third-order valence-corrected chi connectivity index (χ3v) is 6.99. The summed E-state index contributed by atoms with van der Waals surface area (Å²) < 4.78 is 11.7. The molecule has 5 atom stereocenters. The lowest BCUT2D eigenvalue weighted by molar-refractivity contribution is 0.0597. The van der Waals surface area contributed by atoms with Crippen LogP contribution in [-0.2, 0) is 9.47 Å². The Morgan fingerprint density at radius 2 is 1.91 bits per heavy atom. The first-order valence-corrected chi connectivity index (χ1v) is 9.27. The summed E-state index contributed by atoms with van der Waals surface area (Å²) in [4.78, 5) is 16.9. The summed E-state index contributed by atoms with van der Waals surface area (Å²) in [6.45, 7) is 2.62. The molecule has 0 saturated carbocycles. The normalized spacial score (nSPS) is 39.6. The molecule has 118 valence electrons. The highest BCUT2D eigenvalue weighted by Crippen LogP contribution is 2.47. The Labute approximate surface area is 134 Å². The second-order valence-corrected chi connectivity index (χ2v) is 8.15. The highest BCUT2D eigenvalue weighted by atomic mass is 32.1. The average molecular weight is 319 g/mol. The van der Waals surface area contributed by atoms with Crippen molar-refractivity contribution < 1.29 is 14.3 Å². The lowest BCUT2D eigenvalue weighted by atomic mass is 9.82. The zero-order valence-electron chi connectivity index (χ0n) is 12.6. The van der Waals surface area contributed by atoms with Crippen LogP contribution in [0.2, 0.25) is 0 Å². The number of amides is 1. The Morgan fingerprint density at radius 3 is 2.59 bits per heavy atom. The molecule has 4 fully saturated rings. The molecule has 5 rings (SSSR count). The molecule has 4 nitrogen and oxygen atoms in total. The second kappa shape index (κ2) is 5.05. The third-order valence-electron chi connectivity index (χ3n) is 5.82. The Morgan fingerprint density at radius 1 is 1.14 bits per heavy atom. The molecule has 1 aromatic rings. The van der Waals surface area contributed by atoms with Gasteiger partial charge in [0.25, 0.3) is 5.91 Å². The van der Waals surface area contributed by atoms with Crippen LogP contribution >= 0.6 is 11.3 Å². The van der Waals surface area contributed by atoms with E-state index in [1.165, 1.54) is 17.7 Å². The van der Waals surface area contributed by atoms with Gasteiger partial charge in [0, 0.05) is 36.4 Å². The fourth-order valence-electron chi connectivity index (χ4n) is 4.72. The van der Waals surface area contributed by atoms with E-state index < -0.39 is 0 Å². The van der Waals surface area contributed by atoms with E-state index in [0.717, 1.165) is 37.4 Å². The first-order valence-electron chi connectivity index (χ1n) is 8.45. The molecule has 0 aromatic carbocycles. The number of carbonyl (C=O) groups is 1. The van der Waals surface area contributed by atoms with Gasteiger partial charge < -0.3 is 14.4 Å². The topological polar surface area (TPSA) is 38.8 Å². The van der Waals surface area contributed by atoms with E-state index in [9.17, 15) is 4.79 Å². The number of carbonyl (C=O) groups excluding carboxylic acids is 1. The number of fused-ring (bicyclic) bond motifs is 5. The lowest BCUT2D eigenvalue weighted by Gasteiger charge is -2.18. The van der Waals surface area contributed by atoms with Gasteiger partial charge in [0.05, 0.1) is 23.2 Å². The summed E-state index contributed by atoms with van der Waals surface area (Å²) in [5, 5.41) is 0. The molecule has 0 spiro atoms. The smallest absolute Gasteiger partial charge is 0.263 e. The van der Waals surface area contributed by atoms with Gasteiger partial charge in [-0.05, 0) is 37.8 Å². The lowest BCUT2D eigenvalue weighted by Crippen LogP contribution is -2.30. The summed E-state index contributed by atoms with van der Waals surface area (Å²) >= 11 is 1.62. The van der Waals surface area contributed by atoms with E-state index >= 15 is 0 Å². The molecule has 4 aliphatic rings. The van der Waals surface area contributed by atoms with Crippen LogP contribution in [0.15, 0.2) is 12.1 Å². The number of hydrogen-bond donors (Lipinski definition) is 0. The fraction of sp³-hybridized carbons (Fsp3) is 0.706. The molecule has 0 N–H and O–H groups in total. The molecular weight excluding hydrogens is 298 g/mol. The average Bonchev–Trinajstić information content (AvgIpc) is 3.35. The van der Waals surface area contributed by atoms with Gasteiger partial charge in [0.2, 0.25) is 0 Å². The summed E-state index contributed by atoms with van der Waals surface area (Å²) in [7, 11) is 0. The minimum atomic E-state index is 0.211. The van der Waals surface area contributed by atoms with Crippen molar-refractivity contribution in [1.29, 1.82) is 0 Å². The Kier molecular flexibility index (Phi) is 3.10. The van der Waals surface area contributed by atoms with Crippen LogP contribution in [0.5, 0.6) is 0 Å². The first kappa shape index (κ1) is 13.5. The summed E-state index contributed by atoms with van der Waals surface area (Å²) in [6, 6.07) is 4.07. The zero-order valence-corrected chi connectivity index (χ0v) is 13.4. The molecule has 0 aliphatic carbocycles. The number of rotatable bonds is 2. The number of likely N-dealkylation sites (tertiary alicyclic amines) is 1. The fourth-order valence-corrected chi connectivity index (χ4v) is 5.78. The van der Waals surface area contributed by atoms with Crippen molar-refractivity contribution >= 4 is 17.2 Å². The number of ether oxygens (including phenoxy) is 2. The minimum absolute atomic E-state index is 0.211. The van der Waals surface area contributed by atoms with Crippen molar-refractivity contribution in [2.75, 3.05) is 19.7 Å². The molecule has 1 aromatic heterocycles. The van der Waals surface area contributed by atoms with E-state index in [0.29, 0.717) is 24.0 Å². The molecule has 22 heavy (non-hydrogen) atoms. The maximum absolute atomic E-state index is 12.8. The summed E-state index contributed by atoms with van der Waals surface area (Å²) in [6.07, 6.45) is 5.64. The van der Waals surface area contributed by atoms with Gasteiger partial charge in [-0.3, -0.25) is 4.79 Å². The molecule has 1 amide bonds. The molecule has 5 heteroatoms. The standard InChI is InChI=1S/C17H21NO3S/c19-17(16-6-5-15(22-16)14-2-1-7-20-14)18-8-10-11(9-18)13-4-3-12(10)21-13/h5-6,10-14H,1-4,7-9H2/t10-,11+,12+,13-,14-/m1/s1. The monoisotopic (exact) mass is 319 g/mol. The maximum Gasteiger partial charge on any atom is 0.263 e. The van der Waals surface area contributed by atoms with Gasteiger partial charge in [-0.25, -0.2) is 0 Å². The van der Waals surface area contributed by atoms with Gasteiger partial charge in [-0.15, -0.1) is 11.3 Å². The summed E-state index contributed by atoms with van der Waals surface area (Å²) in [5.74, 6) is 1.38. The number of nitrogens with zero attached hydrogens (tertiary/aromatic N) is 1. The van der Waals surface area contributed by atoms with Crippen LogP contribution in [0.4, 0.5) is 0 Å². The van der Waals surface area contributed by atoms with E-state index in [4.69, 9.17) is 9.47 Å².